The van der Waals surface area contributed by atoms with Crippen LogP contribution in [0.25, 0.3) is 11.0 Å². The van der Waals surface area contributed by atoms with Gasteiger partial charge in [-0.1, -0.05) is 46.3 Å². The predicted octanol–water partition coefficient (Wildman–Crippen LogP) is 4.34. The van der Waals surface area contributed by atoms with E-state index < -0.39 is 23.5 Å². The van der Waals surface area contributed by atoms with Crippen LogP contribution >= 0.6 is 15.9 Å². The summed E-state index contributed by atoms with van der Waals surface area (Å²) in [7, 11) is 3.81. The summed E-state index contributed by atoms with van der Waals surface area (Å²) < 4.78 is 6.55. The van der Waals surface area contributed by atoms with Gasteiger partial charge in [-0.2, -0.15) is 0 Å². The maximum atomic E-state index is 13.4. The average molecular weight is 469 g/mol. The van der Waals surface area contributed by atoms with E-state index in [1.54, 1.807) is 12.1 Å². The van der Waals surface area contributed by atoms with Crippen molar-refractivity contribution in [2.45, 2.75) is 6.04 Å². The highest BCUT2D eigenvalue weighted by atomic mass is 79.9. The minimum atomic E-state index is -0.698. The van der Waals surface area contributed by atoms with Crippen LogP contribution in [0.15, 0.2) is 74.8 Å². The second-order valence-electron chi connectivity index (χ2n) is 7.50. The topological polar surface area (TPSA) is 74.0 Å². The number of nitrogens with zero attached hydrogens (tertiary/aromatic N) is 2. The highest BCUT2D eigenvalue weighted by molar-refractivity contribution is 9.10. The Bertz CT molecular complexity index is 1130. The van der Waals surface area contributed by atoms with Crippen molar-refractivity contribution in [1.82, 2.24) is 9.80 Å². The third-order valence-electron chi connectivity index (χ3n) is 5.15. The Morgan fingerprint density at radius 1 is 1.17 bits per heavy atom. The molecule has 1 aliphatic heterocycles. The molecule has 1 aromatic heterocycles. The second kappa shape index (κ2) is 8.08. The zero-order valence-electron chi connectivity index (χ0n) is 16.6. The van der Waals surface area contributed by atoms with E-state index in [2.05, 4.69) is 15.9 Å². The molecule has 7 heteroatoms. The molecule has 0 radical (unpaired) electrons. The molecule has 0 aliphatic carbocycles. The first-order valence-corrected chi connectivity index (χ1v) is 10.3. The van der Waals surface area contributed by atoms with E-state index in [1.165, 1.54) is 4.90 Å². The molecule has 30 heavy (non-hydrogen) atoms. The number of likely N-dealkylation sites (N-methyl/N-ethyl adjacent to an activating group) is 1. The van der Waals surface area contributed by atoms with Gasteiger partial charge in [-0.05, 0) is 43.9 Å². The van der Waals surface area contributed by atoms with Gasteiger partial charge in [-0.15, -0.1) is 0 Å². The van der Waals surface area contributed by atoms with Crippen LogP contribution in [0.4, 0.5) is 0 Å². The molecule has 154 valence electrons. The molecule has 2 aromatic carbocycles. The molecule has 6 nitrogen and oxygen atoms in total. The van der Waals surface area contributed by atoms with Crippen molar-refractivity contribution in [3.8, 4) is 0 Å². The number of hydrogen-bond acceptors (Lipinski definition) is 5. The van der Waals surface area contributed by atoms with E-state index in [9.17, 15) is 14.7 Å². The minimum absolute atomic E-state index is 0.0379. The van der Waals surface area contributed by atoms with Gasteiger partial charge in [0.05, 0.1) is 11.6 Å². The average Bonchev–Trinajstić information content (AvgIpc) is 3.26. The lowest BCUT2D eigenvalue weighted by atomic mass is 9.95. The highest BCUT2D eigenvalue weighted by Gasteiger charge is 2.44. The number of carbonyl (C=O) groups excluding carboxylic acids is 2. The van der Waals surface area contributed by atoms with Crippen LogP contribution in [-0.2, 0) is 4.79 Å². The summed E-state index contributed by atoms with van der Waals surface area (Å²) in [5, 5.41) is 11.5. The summed E-state index contributed by atoms with van der Waals surface area (Å²) in [5.74, 6) is -1.47. The van der Waals surface area contributed by atoms with Crippen LogP contribution in [0.3, 0.4) is 0 Å². The fourth-order valence-electron chi connectivity index (χ4n) is 3.67. The van der Waals surface area contributed by atoms with Gasteiger partial charge >= 0.3 is 0 Å². The SMILES string of the molecule is CN(C)CCN1C(=O)C(O)=C(C(=O)c2cc3ccccc3o2)[C@@H]1c1cccc(Br)c1. The standard InChI is InChI=1S/C23H21BrN2O4/c1-25(2)10-11-26-20(15-7-5-8-16(24)12-15)19(22(28)23(26)29)21(27)18-13-14-6-3-4-9-17(14)30-18/h3-9,12-13,20,28H,10-11H2,1-2H3/t20-/m0/s1. The van der Waals surface area contributed by atoms with Gasteiger partial charge in [0.25, 0.3) is 5.91 Å². The Hall–Kier alpha value is -2.90. The molecule has 4 rings (SSSR count). The molecule has 0 bridgehead atoms. The zero-order chi connectivity index (χ0) is 21.4. The van der Waals surface area contributed by atoms with Gasteiger partial charge in [-0.3, -0.25) is 9.59 Å². The molecule has 1 atom stereocenters. The third kappa shape index (κ3) is 3.66. The van der Waals surface area contributed by atoms with Crippen LogP contribution in [0, 0.1) is 0 Å². The van der Waals surface area contributed by atoms with E-state index in [-0.39, 0.29) is 11.3 Å². The number of Topliss-reactive ketones (excluding diaryl/α,β-unsaturated/α-hetero) is 1. The molecule has 1 N–H and O–H groups in total. The lowest BCUT2D eigenvalue weighted by Gasteiger charge is -2.28. The highest BCUT2D eigenvalue weighted by Crippen LogP contribution is 2.40. The normalized spacial score (nSPS) is 16.9. The minimum Gasteiger partial charge on any atom is -0.503 e. The lowest BCUT2D eigenvalue weighted by molar-refractivity contribution is -0.129. The maximum absolute atomic E-state index is 13.4. The number of halogens is 1. The van der Waals surface area contributed by atoms with Gasteiger partial charge in [0.15, 0.2) is 11.5 Å². The Kier molecular flexibility index (Phi) is 5.49. The molecule has 0 fully saturated rings. The van der Waals surface area contributed by atoms with Crippen molar-refractivity contribution in [3.05, 3.63) is 81.7 Å². The number of benzene rings is 2. The van der Waals surface area contributed by atoms with Gasteiger partial charge in [0, 0.05) is 22.9 Å². The first kappa shape index (κ1) is 20.4. The largest absolute Gasteiger partial charge is 0.503 e. The molecule has 0 saturated heterocycles. The van der Waals surface area contributed by atoms with Crippen LogP contribution in [0.2, 0.25) is 0 Å². The van der Waals surface area contributed by atoms with Crippen LogP contribution < -0.4 is 0 Å². The first-order valence-electron chi connectivity index (χ1n) is 9.54. The number of ketones is 1. The van der Waals surface area contributed by atoms with Crippen LogP contribution in [-0.4, -0.2) is 53.8 Å². The maximum Gasteiger partial charge on any atom is 0.290 e. The molecule has 0 spiro atoms. The summed E-state index contributed by atoms with van der Waals surface area (Å²) >= 11 is 3.45. The first-order chi connectivity index (χ1) is 14.4. The molecule has 1 aliphatic rings. The molecular weight excluding hydrogens is 448 g/mol. The monoisotopic (exact) mass is 468 g/mol. The fraction of sp³-hybridized carbons (Fsp3) is 0.217. The number of hydrogen-bond donors (Lipinski definition) is 1. The number of fused-ring (bicyclic) bond motifs is 1. The Morgan fingerprint density at radius 2 is 1.93 bits per heavy atom. The summed E-state index contributed by atoms with van der Waals surface area (Å²) in [5.41, 5.74) is 1.35. The number of aliphatic hydroxyl groups is 1. The zero-order valence-corrected chi connectivity index (χ0v) is 18.2. The van der Waals surface area contributed by atoms with Gasteiger partial charge in [-0.25, -0.2) is 0 Å². The van der Waals surface area contributed by atoms with Crippen molar-refractivity contribution in [2.75, 3.05) is 27.2 Å². The van der Waals surface area contributed by atoms with E-state index in [0.29, 0.717) is 18.7 Å². The number of carbonyl (C=O) groups is 2. The number of amides is 1. The molecule has 0 saturated carbocycles. The smallest absolute Gasteiger partial charge is 0.290 e. The predicted molar refractivity (Wildman–Crippen MR) is 117 cm³/mol. The lowest BCUT2D eigenvalue weighted by Crippen LogP contribution is -2.36. The summed E-state index contributed by atoms with van der Waals surface area (Å²) in [6.45, 7) is 0.958. The molecular formula is C23H21BrN2O4. The molecule has 3 aromatic rings. The summed E-state index contributed by atoms with van der Waals surface area (Å²) in [6, 6.07) is 15.6. The Morgan fingerprint density at radius 3 is 2.63 bits per heavy atom. The number of rotatable bonds is 6. The third-order valence-corrected chi connectivity index (χ3v) is 5.64. The van der Waals surface area contributed by atoms with Crippen LogP contribution in [0.1, 0.15) is 22.2 Å². The van der Waals surface area contributed by atoms with E-state index in [4.69, 9.17) is 4.42 Å². The number of para-hydroxylation sites is 1. The van der Waals surface area contributed by atoms with E-state index in [0.717, 1.165) is 15.4 Å². The fourth-order valence-corrected chi connectivity index (χ4v) is 4.09. The quantitative estimate of drug-likeness (QED) is 0.544. The van der Waals surface area contributed by atoms with Crippen molar-refractivity contribution in [2.24, 2.45) is 0 Å². The Balaban J connectivity index is 1.79. The summed E-state index contributed by atoms with van der Waals surface area (Å²) in [6.07, 6.45) is 0. The summed E-state index contributed by atoms with van der Waals surface area (Å²) in [4.78, 5) is 29.8. The van der Waals surface area contributed by atoms with E-state index in [1.807, 2.05) is 61.5 Å². The second-order valence-corrected chi connectivity index (χ2v) is 8.41. The van der Waals surface area contributed by atoms with Crippen LogP contribution in [0.5, 0.6) is 0 Å². The number of aliphatic hydroxyl groups excluding tert-OH is 1. The van der Waals surface area contributed by atoms with E-state index >= 15 is 0 Å². The number of furan rings is 1. The molecule has 0 unspecified atom stereocenters. The van der Waals surface area contributed by atoms with Gasteiger partial charge < -0.3 is 19.3 Å². The van der Waals surface area contributed by atoms with Crippen molar-refractivity contribution >= 4 is 38.6 Å². The van der Waals surface area contributed by atoms with Gasteiger partial charge in [0.2, 0.25) is 5.78 Å². The van der Waals surface area contributed by atoms with Gasteiger partial charge in [0.1, 0.15) is 5.58 Å². The van der Waals surface area contributed by atoms with Crippen molar-refractivity contribution < 1.29 is 19.1 Å². The van der Waals surface area contributed by atoms with Crippen molar-refractivity contribution in [3.63, 3.8) is 0 Å². The van der Waals surface area contributed by atoms with Crippen molar-refractivity contribution in [1.29, 1.82) is 0 Å². The Labute approximate surface area is 182 Å². The molecule has 2 heterocycles. The molecule has 1 amide bonds.